The summed E-state index contributed by atoms with van der Waals surface area (Å²) in [6, 6.07) is 5.97. The first-order valence-corrected chi connectivity index (χ1v) is 4.00. The third kappa shape index (κ3) is 2.02. The lowest BCUT2D eigenvalue weighted by Crippen LogP contribution is -2.21. The number of carbonyl (C=O) groups is 1. The van der Waals surface area contributed by atoms with Crippen molar-refractivity contribution in [3.8, 4) is 11.8 Å². The molecule has 0 aliphatic heterocycles. The van der Waals surface area contributed by atoms with E-state index in [2.05, 4.69) is 0 Å². The van der Waals surface area contributed by atoms with Crippen LogP contribution in [0.2, 0.25) is 0 Å². The van der Waals surface area contributed by atoms with Crippen LogP contribution in [0.3, 0.4) is 0 Å². The van der Waals surface area contributed by atoms with E-state index >= 15 is 0 Å². The Kier molecular flexibility index (Phi) is 2.73. The van der Waals surface area contributed by atoms with Crippen molar-refractivity contribution in [3.05, 3.63) is 29.3 Å². The van der Waals surface area contributed by atoms with Gasteiger partial charge in [0.15, 0.2) is 0 Å². The molecular formula is C10H10N2O2. The number of phenolic OH excluding ortho intramolecular Hbond substituents is 1. The highest BCUT2D eigenvalue weighted by molar-refractivity contribution is 5.94. The molecule has 4 heteroatoms. The molecule has 0 aliphatic carbocycles. The third-order valence-corrected chi connectivity index (χ3v) is 1.70. The molecule has 0 spiro atoms. The van der Waals surface area contributed by atoms with Crippen molar-refractivity contribution in [2.45, 2.75) is 0 Å². The third-order valence-electron chi connectivity index (χ3n) is 1.70. The Morgan fingerprint density at radius 3 is 2.57 bits per heavy atom. The summed E-state index contributed by atoms with van der Waals surface area (Å²) < 4.78 is 0. The summed E-state index contributed by atoms with van der Waals surface area (Å²) in [5.41, 5.74) is 0.585. The van der Waals surface area contributed by atoms with Crippen LogP contribution in [-0.4, -0.2) is 30.0 Å². The van der Waals surface area contributed by atoms with E-state index in [0.29, 0.717) is 5.56 Å². The summed E-state index contributed by atoms with van der Waals surface area (Å²) in [7, 11) is 3.22. The lowest BCUT2D eigenvalue weighted by molar-refractivity contribution is 0.0827. The zero-order valence-electron chi connectivity index (χ0n) is 7.98. The number of aromatic hydroxyl groups is 1. The SMILES string of the molecule is CN(C)C(=O)c1cc(O)cc(C#N)c1. The number of nitriles is 1. The molecule has 0 heterocycles. The van der Waals surface area contributed by atoms with E-state index in [9.17, 15) is 9.90 Å². The first-order chi connectivity index (χ1) is 6.54. The Morgan fingerprint density at radius 2 is 2.07 bits per heavy atom. The zero-order valence-corrected chi connectivity index (χ0v) is 7.98. The van der Waals surface area contributed by atoms with Crippen LogP contribution in [0.25, 0.3) is 0 Å². The molecular weight excluding hydrogens is 180 g/mol. The summed E-state index contributed by atoms with van der Waals surface area (Å²) in [6.07, 6.45) is 0. The van der Waals surface area contributed by atoms with Crippen LogP contribution in [0.5, 0.6) is 5.75 Å². The Bertz CT molecular complexity index is 405. The number of carbonyl (C=O) groups excluding carboxylic acids is 1. The topological polar surface area (TPSA) is 64.3 Å². The molecule has 0 unspecified atom stereocenters. The number of rotatable bonds is 1. The number of amides is 1. The molecule has 1 amide bonds. The molecule has 1 N–H and O–H groups in total. The van der Waals surface area contributed by atoms with Crippen molar-refractivity contribution >= 4 is 5.91 Å². The summed E-state index contributed by atoms with van der Waals surface area (Å²) >= 11 is 0. The van der Waals surface area contributed by atoms with Gasteiger partial charge in [-0.15, -0.1) is 0 Å². The molecule has 1 aromatic rings. The van der Waals surface area contributed by atoms with Gasteiger partial charge in [-0.3, -0.25) is 4.79 Å². The van der Waals surface area contributed by atoms with Gasteiger partial charge in [0.1, 0.15) is 5.75 Å². The van der Waals surface area contributed by atoms with Gasteiger partial charge < -0.3 is 10.0 Å². The van der Waals surface area contributed by atoms with E-state index in [-0.39, 0.29) is 17.2 Å². The number of hydrogen-bond donors (Lipinski definition) is 1. The Labute approximate surface area is 82.0 Å². The summed E-state index contributed by atoms with van der Waals surface area (Å²) in [5.74, 6) is -0.313. The van der Waals surface area contributed by atoms with Crippen molar-refractivity contribution in [1.82, 2.24) is 4.90 Å². The molecule has 0 radical (unpaired) electrons. The van der Waals surface area contributed by atoms with Crippen molar-refractivity contribution < 1.29 is 9.90 Å². The van der Waals surface area contributed by atoms with Gasteiger partial charge in [-0.25, -0.2) is 0 Å². The minimum absolute atomic E-state index is 0.0748. The lowest BCUT2D eigenvalue weighted by Gasteiger charge is -2.10. The van der Waals surface area contributed by atoms with Crippen LogP contribution < -0.4 is 0 Å². The van der Waals surface area contributed by atoms with Gasteiger partial charge in [-0.05, 0) is 18.2 Å². The minimum atomic E-state index is -0.239. The predicted octanol–water partition coefficient (Wildman–Crippen LogP) is 0.966. The quantitative estimate of drug-likeness (QED) is 0.717. The van der Waals surface area contributed by atoms with Gasteiger partial charge in [-0.2, -0.15) is 5.26 Å². The van der Waals surface area contributed by atoms with Gasteiger partial charge in [0.2, 0.25) is 0 Å². The normalized spacial score (nSPS) is 9.21. The van der Waals surface area contributed by atoms with Crippen molar-refractivity contribution in [1.29, 1.82) is 5.26 Å². The second-order valence-corrected chi connectivity index (χ2v) is 3.08. The molecule has 1 rings (SSSR count). The molecule has 0 aromatic heterocycles. The summed E-state index contributed by atoms with van der Waals surface area (Å²) in [5, 5.41) is 17.9. The molecule has 14 heavy (non-hydrogen) atoms. The van der Waals surface area contributed by atoms with Gasteiger partial charge in [0.05, 0.1) is 11.6 Å². The highest BCUT2D eigenvalue weighted by Gasteiger charge is 2.09. The standard InChI is InChI=1S/C10H10N2O2/c1-12(2)10(14)8-3-7(6-11)4-9(13)5-8/h3-5,13H,1-2H3. The van der Waals surface area contributed by atoms with E-state index in [0.717, 1.165) is 0 Å². The first-order valence-electron chi connectivity index (χ1n) is 4.00. The van der Waals surface area contributed by atoms with Crippen LogP contribution in [0, 0.1) is 11.3 Å². The Hall–Kier alpha value is -2.02. The van der Waals surface area contributed by atoms with E-state index in [1.807, 2.05) is 6.07 Å². The number of hydrogen-bond acceptors (Lipinski definition) is 3. The fourth-order valence-electron chi connectivity index (χ4n) is 1.06. The highest BCUT2D eigenvalue weighted by atomic mass is 16.3. The first kappa shape index (κ1) is 10.1. The fourth-order valence-corrected chi connectivity index (χ4v) is 1.06. The van der Waals surface area contributed by atoms with Crippen LogP contribution in [0.4, 0.5) is 0 Å². The highest BCUT2D eigenvalue weighted by Crippen LogP contribution is 2.15. The second kappa shape index (κ2) is 3.79. The molecule has 1 aromatic carbocycles. The average Bonchev–Trinajstić information content (AvgIpc) is 2.15. The number of benzene rings is 1. The van der Waals surface area contributed by atoms with Gasteiger partial charge in [0.25, 0.3) is 5.91 Å². The number of phenols is 1. The van der Waals surface area contributed by atoms with Gasteiger partial charge in [-0.1, -0.05) is 0 Å². The summed E-state index contributed by atoms with van der Waals surface area (Å²) in [6.45, 7) is 0. The second-order valence-electron chi connectivity index (χ2n) is 3.08. The molecule has 4 nitrogen and oxygen atoms in total. The maximum absolute atomic E-state index is 11.5. The van der Waals surface area contributed by atoms with Crippen molar-refractivity contribution in [2.75, 3.05) is 14.1 Å². The molecule has 0 aliphatic rings. The van der Waals surface area contributed by atoms with Gasteiger partial charge >= 0.3 is 0 Å². The molecule has 0 atom stereocenters. The van der Waals surface area contributed by atoms with Crippen LogP contribution in [0.15, 0.2) is 18.2 Å². The monoisotopic (exact) mass is 190 g/mol. The van der Waals surface area contributed by atoms with Gasteiger partial charge in [0, 0.05) is 19.7 Å². The molecule has 0 saturated heterocycles. The van der Waals surface area contributed by atoms with E-state index in [1.54, 1.807) is 14.1 Å². The average molecular weight is 190 g/mol. The maximum Gasteiger partial charge on any atom is 0.253 e. The van der Waals surface area contributed by atoms with E-state index in [4.69, 9.17) is 5.26 Å². The molecule has 72 valence electrons. The lowest BCUT2D eigenvalue weighted by atomic mass is 10.1. The zero-order chi connectivity index (χ0) is 10.7. The minimum Gasteiger partial charge on any atom is -0.508 e. The fraction of sp³-hybridized carbons (Fsp3) is 0.200. The predicted molar refractivity (Wildman–Crippen MR) is 50.8 cm³/mol. The molecule has 0 saturated carbocycles. The van der Waals surface area contributed by atoms with Crippen LogP contribution in [0.1, 0.15) is 15.9 Å². The number of nitrogens with zero attached hydrogens (tertiary/aromatic N) is 2. The Balaban J connectivity index is 3.17. The largest absolute Gasteiger partial charge is 0.508 e. The van der Waals surface area contributed by atoms with Crippen LogP contribution in [-0.2, 0) is 0 Å². The van der Waals surface area contributed by atoms with E-state index in [1.165, 1.54) is 23.1 Å². The van der Waals surface area contributed by atoms with Crippen molar-refractivity contribution in [3.63, 3.8) is 0 Å². The van der Waals surface area contributed by atoms with E-state index < -0.39 is 0 Å². The smallest absolute Gasteiger partial charge is 0.253 e. The summed E-state index contributed by atoms with van der Waals surface area (Å²) in [4.78, 5) is 12.9. The maximum atomic E-state index is 11.5. The Morgan fingerprint density at radius 1 is 1.43 bits per heavy atom. The molecule has 0 bridgehead atoms. The molecule has 0 fully saturated rings. The van der Waals surface area contributed by atoms with Crippen LogP contribution >= 0.6 is 0 Å². The van der Waals surface area contributed by atoms with Crippen molar-refractivity contribution in [2.24, 2.45) is 0 Å².